The average Bonchev–Trinajstić information content (AvgIpc) is 2.44. The van der Waals surface area contributed by atoms with Crippen LogP contribution in [-0.2, 0) is 0 Å². The van der Waals surface area contributed by atoms with Crippen molar-refractivity contribution in [1.29, 1.82) is 0 Å². The molecule has 0 aliphatic rings. The van der Waals surface area contributed by atoms with Crippen molar-refractivity contribution in [3.05, 3.63) is 29.8 Å². The zero-order valence-corrected chi connectivity index (χ0v) is 13.1. The van der Waals surface area contributed by atoms with Gasteiger partial charge in [0.2, 0.25) is 0 Å². The second-order valence-corrected chi connectivity index (χ2v) is 5.37. The van der Waals surface area contributed by atoms with Gasteiger partial charge in [-0.15, -0.1) is 0 Å². The van der Waals surface area contributed by atoms with E-state index in [-0.39, 0.29) is 0 Å². The van der Waals surface area contributed by atoms with Gasteiger partial charge in [-0.2, -0.15) is 0 Å². The van der Waals surface area contributed by atoms with Crippen LogP contribution in [0.15, 0.2) is 24.3 Å². The molecule has 108 valence electrons. The van der Waals surface area contributed by atoms with Crippen LogP contribution in [0.3, 0.4) is 0 Å². The van der Waals surface area contributed by atoms with Gasteiger partial charge in [-0.25, -0.2) is 0 Å². The maximum atomic E-state index is 3.50. The summed E-state index contributed by atoms with van der Waals surface area (Å²) in [5.74, 6) is 0.847. The summed E-state index contributed by atoms with van der Waals surface area (Å²) >= 11 is 0. The smallest absolute Gasteiger partial charge is 0.0340 e. The Morgan fingerprint density at radius 1 is 1.05 bits per heavy atom. The van der Waals surface area contributed by atoms with Crippen molar-refractivity contribution in [2.45, 2.75) is 40.5 Å². The third kappa shape index (κ3) is 6.11. The molecule has 2 nitrogen and oxygen atoms in total. The first kappa shape index (κ1) is 16.0. The second-order valence-electron chi connectivity index (χ2n) is 5.37. The van der Waals surface area contributed by atoms with Gasteiger partial charge in [0.15, 0.2) is 0 Å². The summed E-state index contributed by atoms with van der Waals surface area (Å²) < 4.78 is 0. The molecule has 2 heteroatoms. The van der Waals surface area contributed by atoms with Crippen molar-refractivity contribution < 1.29 is 0 Å². The van der Waals surface area contributed by atoms with Crippen LogP contribution in [0.4, 0.5) is 5.69 Å². The Balaban J connectivity index is 2.31. The quantitative estimate of drug-likeness (QED) is 0.718. The van der Waals surface area contributed by atoms with Crippen LogP contribution < -0.4 is 5.32 Å². The highest BCUT2D eigenvalue weighted by molar-refractivity contribution is 5.44. The number of hydrogen-bond acceptors (Lipinski definition) is 2. The summed E-state index contributed by atoms with van der Waals surface area (Å²) in [4.78, 5) is 2.55. The number of nitrogens with zero attached hydrogens (tertiary/aromatic N) is 1. The van der Waals surface area contributed by atoms with Gasteiger partial charge in [0.25, 0.3) is 0 Å². The molecule has 0 saturated heterocycles. The molecule has 19 heavy (non-hydrogen) atoms. The van der Waals surface area contributed by atoms with E-state index in [1.807, 2.05) is 0 Å². The van der Waals surface area contributed by atoms with Gasteiger partial charge in [0.1, 0.15) is 0 Å². The fraction of sp³-hybridized carbons (Fsp3) is 0.647. The van der Waals surface area contributed by atoms with Crippen LogP contribution in [0.1, 0.15) is 39.2 Å². The van der Waals surface area contributed by atoms with E-state index in [9.17, 15) is 0 Å². The van der Waals surface area contributed by atoms with Crippen molar-refractivity contribution in [3.8, 4) is 0 Å². The molecule has 1 rings (SSSR count). The molecule has 0 aromatic heterocycles. The van der Waals surface area contributed by atoms with Crippen LogP contribution in [0.5, 0.6) is 0 Å². The second kappa shape index (κ2) is 8.98. The Bertz CT molecular complexity index is 328. The van der Waals surface area contributed by atoms with E-state index in [1.54, 1.807) is 0 Å². The molecule has 1 aromatic rings. The van der Waals surface area contributed by atoms with Crippen LogP contribution in [-0.4, -0.2) is 31.1 Å². The minimum Gasteiger partial charge on any atom is -0.384 e. The average molecular weight is 262 g/mol. The number of aryl methyl sites for hydroxylation is 1. The maximum Gasteiger partial charge on any atom is 0.0340 e. The summed E-state index contributed by atoms with van der Waals surface area (Å²) in [7, 11) is 0. The number of rotatable bonds is 9. The number of hydrogen-bond donors (Lipinski definition) is 1. The number of likely N-dealkylation sites (N-methyl/N-ethyl adjacent to an activating group) is 1. The van der Waals surface area contributed by atoms with Gasteiger partial charge in [0.05, 0.1) is 0 Å². The van der Waals surface area contributed by atoms with Crippen molar-refractivity contribution >= 4 is 5.69 Å². The van der Waals surface area contributed by atoms with E-state index in [1.165, 1.54) is 30.6 Å². The first-order valence-corrected chi connectivity index (χ1v) is 7.72. The highest BCUT2D eigenvalue weighted by Gasteiger charge is 2.09. The number of anilines is 1. The molecule has 0 aliphatic heterocycles. The fourth-order valence-corrected chi connectivity index (χ4v) is 2.32. The molecule has 0 saturated carbocycles. The monoisotopic (exact) mass is 262 g/mol. The Labute approximate surface area is 119 Å². The zero-order valence-electron chi connectivity index (χ0n) is 13.1. The zero-order chi connectivity index (χ0) is 14.1. The van der Waals surface area contributed by atoms with Gasteiger partial charge in [-0.05, 0) is 31.5 Å². The Morgan fingerprint density at radius 3 is 2.21 bits per heavy atom. The first-order chi connectivity index (χ1) is 9.19. The van der Waals surface area contributed by atoms with Gasteiger partial charge in [0, 0.05) is 25.3 Å². The summed E-state index contributed by atoms with van der Waals surface area (Å²) in [6.45, 7) is 13.5. The molecule has 1 N–H and O–H groups in total. The normalized spacial score (nSPS) is 11.3. The predicted octanol–water partition coefficient (Wildman–Crippen LogP) is 4.17. The van der Waals surface area contributed by atoms with Crippen molar-refractivity contribution in [2.24, 2.45) is 5.92 Å². The highest BCUT2D eigenvalue weighted by atomic mass is 15.1. The first-order valence-electron chi connectivity index (χ1n) is 7.72. The number of benzene rings is 1. The molecule has 0 heterocycles. The van der Waals surface area contributed by atoms with E-state index in [2.05, 4.69) is 62.2 Å². The summed E-state index contributed by atoms with van der Waals surface area (Å²) in [5, 5.41) is 3.50. The molecule has 1 aromatic carbocycles. The lowest BCUT2D eigenvalue weighted by molar-refractivity contribution is 0.241. The van der Waals surface area contributed by atoms with E-state index in [0.717, 1.165) is 25.6 Å². The molecule has 0 amide bonds. The number of nitrogens with one attached hydrogen (secondary N) is 1. The standard InChI is InChI=1S/C17H30N2/c1-5-16(6-2)14-19(7-3)13-12-18-17-10-8-15(4)9-11-17/h8-11,16,18H,5-7,12-14H2,1-4H3. The van der Waals surface area contributed by atoms with Crippen molar-refractivity contribution in [2.75, 3.05) is 31.5 Å². The maximum absolute atomic E-state index is 3.50. The molecule has 0 aliphatic carbocycles. The molecule has 0 unspecified atom stereocenters. The third-order valence-electron chi connectivity index (χ3n) is 3.93. The van der Waals surface area contributed by atoms with Gasteiger partial charge < -0.3 is 10.2 Å². The van der Waals surface area contributed by atoms with Crippen LogP contribution in [0.2, 0.25) is 0 Å². The highest BCUT2D eigenvalue weighted by Crippen LogP contribution is 2.10. The minimum atomic E-state index is 0.847. The summed E-state index contributed by atoms with van der Waals surface area (Å²) in [6.07, 6.45) is 2.58. The van der Waals surface area contributed by atoms with Crippen LogP contribution >= 0.6 is 0 Å². The molecule has 0 bridgehead atoms. The molecule has 0 atom stereocenters. The lowest BCUT2D eigenvalue weighted by Gasteiger charge is -2.25. The Kier molecular flexibility index (Phi) is 7.57. The Morgan fingerprint density at radius 2 is 1.68 bits per heavy atom. The van der Waals surface area contributed by atoms with Crippen LogP contribution in [0, 0.1) is 12.8 Å². The lowest BCUT2D eigenvalue weighted by Crippen LogP contribution is -2.33. The Hall–Kier alpha value is -1.02. The topological polar surface area (TPSA) is 15.3 Å². The van der Waals surface area contributed by atoms with Crippen LogP contribution in [0.25, 0.3) is 0 Å². The molecule has 0 spiro atoms. The summed E-state index contributed by atoms with van der Waals surface area (Å²) in [5.41, 5.74) is 2.54. The van der Waals surface area contributed by atoms with E-state index >= 15 is 0 Å². The molecular formula is C17H30N2. The van der Waals surface area contributed by atoms with E-state index in [4.69, 9.17) is 0 Å². The molecule has 0 fully saturated rings. The van der Waals surface area contributed by atoms with E-state index in [0.29, 0.717) is 0 Å². The third-order valence-corrected chi connectivity index (χ3v) is 3.93. The molecule has 0 radical (unpaired) electrons. The predicted molar refractivity (Wildman–Crippen MR) is 85.9 cm³/mol. The lowest BCUT2D eigenvalue weighted by atomic mass is 10.0. The van der Waals surface area contributed by atoms with E-state index < -0.39 is 0 Å². The largest absolute Gasteiger partial charge is 0.384 e. The molecular weight excluding hydrogens is 232 g/mol. The van der Waals surface area contributed by atoms with Gasteiger partial charge in [-0.3, -0.25) is 0 Å². The van der Waals surface area contributed by atoms with Gasteiger partial charge >= 0.3 is 0 Å². The minimum absolute atomic E-state index is 0.847. The van der Waals surface area contributed by atoms with Crippen molar-refractivity contribution in [3.63, 3.8) is 0 Å². The van der Waals surface area contributed by atoms with Gasteiger partial charge in [-0.1, -0.05) is 51.3 Å². The summed E-state index contributed by atoms with van der Waals surface area (Å²) in [6, 6.07) is 8.63. The van der Waals surface area contributed by atoms with Crippen molar-refractivity contribution in [1.82, 2.24) is 4.90 Å². The fourth-order valence-electron chi connectivity index (χ4n) is 2.32. The SMILES string of the molecule is CCC(CC)CN(CC)CCNc1ccc(C)cc1.